The second-order valence-electron chi connectivity index (χ2n) is 10.4. The lowest BCUT2D eigenvalue weighted by Crippen LogP contribution is -2.52. The van der Waals surface area contributed by atoms with Crippen molar-refractivity contribution in [1.82, 2.24) is 10.3 Å². The number of unbranched alkanes of at least 4 members (excludes halogenated alkanes) is 1. The second kappa shape index (κ2) is 13.2. The van der Waals surface area contributed by atoms with Gasteiger partial charge in [-0.25, -0.2) is 5.43 Å². The van der Waals surface area contributed by atoms with Gasteiger partial charge >= 0.3 is 12.4 Å². The highest BCUT2D eigenvalue weighted by Gasteiger charge is 2.32. The first-order valence-electron chi connectivity index (χ1n) is 13.1. The number of nitrogens with zero attached hydrogens (tertiary/aromatic N) is 3. The molecule has 41 heavy (non-hydrogen) atoms. The van der Waals surface area contributed by atoms with Gasteiger partial charge in [0.2, 0.25) is 11.9 Å². The summed E-state index contributed by atoms with van der Waals surface area (Å²) in [7, 11) is 0. The molecule has 1 aliphatic heterocycles. The minimum atomic E-state index is -4.46. The number of carbonyl (C=O) groups excluding carboxylic acids is 1. The van der Waals surface area contributed by atoms with E-state index in [9.17, 15) is 31.1 Å². The second-order valence-corrected chi connectivity index (χ2v) is 10.4. The number of rotatable bonds is 8. The van der Waals surface area contributed by atoms with Crippen LogP contribution in [0.25, 0.3) is 12.2 Å². The topological polar surface area (TPSA) is 57.1 Å². The first-order valence-corrected chi connectivity index (χ1v) is 13.1. The van der Waals surface area contributed by atoms with Gasteiger partial charge in [-0.15, -0.1) is 0 Å². The summed E-state index contributed by atoms with van der Waals surface area (Å²) in [5, 5.41) is 4.36. The minimum absolute atomic E-state index is 0.0942. The normalized spacial score (nSPS) is 15.7. The third kappa shape index (κ3) is 9.61. The van der Waals surface area contributed by atoms with Crippen molar-refractivity contribution in [2.45, 2.75) is 52.4 Å². The Bertz CT molecular complexity index is 1230. The minimum Gasteiger partial charge on any atom is -0.281 e. The summed E-state index contributed by atoms with van der Waals surface area (Å²) < 4.78 is 77.5. The van der Waals surface area contributed by atoms with Crippen LogP contribution in [0.15, 0.2) is 70.8 Å². The molecule has 0 fully saturated rings. The lowest BCUT2D eigenvalue weighted by molar-refractivity contribution is -0.138. The summed E-state index contributed by atoms with van der Waals surface area (Å²) >= 11 is 0. The van der Waals surface area contributed by atoms with Gasteiger partial charge in [0.15, 0.2) is 0 Å². The number of nitrogens with one attached hydrogen (secondary N) is 1. The Labute approximate surface area is 235 Å². The summed E-state index contributed by atoms with van der Waals surface area (Å²) in [5.74, 6) is 0.178. The molecule has 1 amide bonds. The fourth-order valence-corrected chi connectivity index (χ4v) is 3.87. The maximum absolute atomic E-state index is 12.9. The first-order chi connectivity index (χ1) is 19.2. The largest absolute Gasteiger partial charge is 0.416 e. The van der Waals surface area contributed by atoms with Crippen molar-refractivity contribution < 1.29 is 31.1 Å². The molecule has 5 nitrogen and oxygen atoms in total. The van der Waals surface area contributed by atoms with Gasteiger partial charge in [-0.1, -0.05) is 63.6 Å². The molecule has 2 aromatic rings. The number of amides is 1. The molecule has 0 unspecified atom stereocenters. The van der Waals surface area contributed by atoms with Crippen molar-refractivity contribution in [3.63, 3.8) is 0 Å². The summed E-state index contributed by atoms with van der Waals surface area (Å²) in [6.45, 7) is 6.89. The zero-order valence-electron chi connectivity index (χ0n) is 23.0. The number of allylic oxidation sites excluding steroid dienone is 2. The van der Waals surface area contributed by atoms with Gasteiger partial charge in [-0.05, 0) is 54.0 Å². The number of carbonyl (C=O) groups is 1. The monoisotopic (exact) mass is 578 g/mol. The van der Waals surface area contributed by atoms with Crippen molar-refractivity contribution in [2.75, 3.05) is 13.1 Å². The number of hydrogen-bond acceptors (Lipinski definition) is 4. The third-order valence-electron chi connectivity index (χ3n) is 6.20. The predicted octanol–water partition coefficient (Wildman–Crippen LogP) is 7.81. The predicted molar refractivity (Wildman–Crippen MR) is 149 cm³/mol. The number of hydrogen-bond donors (Lipinski definition) is 1. The van der Waals surface area contributed by atoms with Crippen molar-refractivity contribution in [3.05, 3.63) is 82.9 Å². The Morgan fingerprint density at radius 1 is 0.927 bits per heavy atom. The summed E-state index contributed by atoms with van der Waals surface area (Å²) in [6.07, 6.45) is -0.817. The van der Waals surface area contributed by atoms with Gasteiger partial charge in [0.05, 0.1) is 16.8 Å². The van der Waals surface area contributed by atoms with Gasteiger partial charge in [-0.3, -0.25) is 14.7 Å². The molecular weight excluding hydrogens is 546 g/mol. The van der Waals surface area contributed by atoms with Gasteiger partial charge in [0, 0.05) is 24.9 Å². The van der Waals surface area contributed by atoms with Gasteiger partial charge in [0.1, 0.15) is 0 Å². The fraction of sp³-hybridized carbons (Fsp3) is 0.367. The van der Waals surface area contributed by atoms with E-state index >= 15 is 0 Å². The molecule has 0 bridgehead atoms. The van der Waals surface area contributed by atoms with Gasteiger partial charge < -0.3 is 0 Å². The van der Waals surface area contributed by atoms with Crippen LogP contribution in [-0.2, 0) is 17.1 Å². The average molecular weight is 579 g/mol. The Hall–Kier alpha value is -3.89. The molecule has 1 N–H and O–H groups in total. The van der Waals surface area contributed by atoms with E-state index in [1.165, 1.54) is 36.4 Å². The summed E-state index contributed by atoms with van der Waals surface area (Å²) in [5.41, 5.74) is 2.29. The number of halogens is 6. The number of guanidine groups is 1. The molecule has 0 saturated heterocycles. The molecule has 1 aliphatic rings. The maximum Gasteiger partial charge on any atom is 0.416 e. The lowest BCUT2D eigenvalue weighted by atomic mass is 9.91. The zero-order valence-corrected chi connectivity index (χ0v) is 23.0. The molecule has 0 aromatic heterocycles. The van der Waals surface area contributed by atoms with Crippen LogP contribution in [0.5, 0.6) is 0 Å². The van der Waals surface area contributed by atoms with Crippen LogP contribution >= 0.6 is 0 Å². The molecule has 0 atom stereocenters. The molecule has 3 rings (SSSR count). The first kappa shape index (κ1) is 31.6. The van der Waals surface area contributed by atoms with Crippen LogP contribution in [0.3, 0.4) is 0 Å². The maximum atomic E-state index is 12.9. The van der Waals surface area contributed by atoms with Crippen LogP contribution in [0.4, 0.5) is 26.3 Å². The Morgan fingerprint density at radius 2 is 1.41 bits per heavy atom. The van der Waals surface area contributed by atoms with E-state index in [1.54, 1.807) is 17.1 Å². The Balaban J connectivity index is 1.89. The fourth-order valence-electron chi connectivity index (χ4n) is 3.87. The van der Waals surface area contributed by atoms with Crippen LogP contribution in [-0.4, -0.2) is 35.6 Å². The molecule has 0 spiro atoms. The van der Waals surface area contributed by atoms with Gasteiger partial charge in [0.25, 0.3) is 0 Å². The quantitative estimate of drug-likeness (QED) is 0.197. The molecule has 1 heterocycles. The van der Waals surface area contributed by atoms with Crippen molar-refractivity contribution in [2.24, 2.45) is 15.5 Å². The summed E-state index contributed by atoms with van der Waals surface area (Å²) in [6, 6.07) is 9.10. The molecule has 11 heteroatoms. The number of hydrazone groups is 1. The standard InChI is InChI=1S/C30H32F6N4O/c1-4-5-6-26(41)40-20-28(2,3)19-37-27(40)39-38-25(17-11-21-7-13-23(14-8-21)29(31,32)33)18-12-22-9-15-24(16-10-22)30(34,35)36/h7-18H,4-6,19-20H2,1-3H3,(H,37,39). The van der Waals surface area contributed by atoms with E-state index in [0.29, 0.717) is 36.3 Å². The highest BCUT2D eigenvalue weighted by atomic mass is 19.4. The number of benzene rings is 2. The van der Waals surface area contributed by atoms with Crippen molar-refractivity contribution >= 4 is 29.7 Å². The van der Waals surface area contributed by atoms with Crippen molar-refractivity contribution in [3.8, 4) is 0 Å². The summed E-state index contributed by atoms with van der Waals surface area (Å²) in [4.78, 5) is 18.9. The van der Waals surface area contributed by atoms with E-state index in [2.05, 4.69) is 15.5 Å². The highest BCUT2D eigenvalue weighted by molar-refractivity contribution is 6.09. The van der Waals surface area contributed by atoms with Crippen molar-refractivity contribution in [1.29, 1.82) is 0 Å². The molecule has 2 aromatic carbocycles. The lowest BCUT2D eigenvalue weighted by Gasteiger charge is -2.36. The molecule has 0 aliphatic carbocycles. The molecule has 220 valence electrons. The van der Waals surface area contributed by atoms with E-state index < -0.39 is 23.5 Å². The smallest absolute Gasteiger partial charge is 0.281 e. The van der Waals surface area contributed by atoms with E-state index in [4.69, 9.17) is 0 Å². The van der Waals surface area contributed by atoms with Crippen LogP contribution in [0.1, 0.15) is 62.3 Å². The Morgan fingerprint density at radius 3 is 1.85 bits per heavy atom. The highest BCUT2D eigenvalue weighted by Crippen LogP contribution is 2.30. The SMILES string of the molecule is CCCCC(=O)N1CC(C)(C)CN=C1NN=C(C=Cc1ccc(C(F)(F)F)cc1)C=Cc1ccc(C(F)(F)F)cc1. The zero-order chi connectivity index (χ0) is 30.3. The van der Waals surface area contributed by atoms with Crippen LogP contribution in [0.2, 0.25) is 0 Å². The number of alkyl halides is 6. The molecule has 0 saturated carbocycles. The number of aliphatic imine (C=N–C) groups is 1. The van der Waals surface area contributed by atoms with E-state index in [0.717, 1.165) is 37.1 Å². The third-order valence-corrected chi connectivity index (χ3v) is 6.20. The van der Waals surface area contributed by atoms with Gasteiger partial charge in [-0.2, -0.15) is 31.4 Å². The van der Waals surface area contributed by atoms with E-state index in [1.807, 2.05) is 20.8 Å². The van der Waals surface area contributed by atoms with E-state index in [-0.39, 0.29) is 17.3 Å². The molecule has 0 radical (unpaired) electrons. The average Bonchev–Trinajstić information content (AvgIpc) is 2.91. The molecular formula is C30H32F6N4O. The Kier molecular flexibility index (Phi) is 10.2. The van der Waals surface area contributed by atoms with Crippen LogP contribution in [0, 0.1) is 5.41 Å². The van der Waals surface area contributed by atoms with Crippen LogP contribution < -0.4 is 5.43 Å².